The third kappa shape index (κ3) is 4.18. The van der Waals surface area contributed by atoms with Crippen LogP contribution in [0.3, 0.4) is 0 Å². The van der Waals surface area contributed by atoms with E-state index in [0.29, 0.717) is 29.2 Å². The van der Waals surface area contributed by atoms with Gasteiger partial charge in [-0.1, -0.05) is 35.3 Å². The number of nitrogens with zero attached hydrogens (tertiary/aromatic N) is 4. The van der Waals surface area contributed by atoms with Gasteiger partial charge in [-0.15, -0.1) is 0 Å². The van der Waals surface area contributed by atoms with E-state index in [4.69, 9.17) is 33.9 Å². The molecule has 1 aromatic heterocycles. The van der Waals surface area contributed by atoms with Gasteiger partial charge in [0.25, 0.3) is 0 Å². The van der Waals surface area contributed by atoms with Gasteiger partial charge in [0, 0.05) is 43.2 Å². The third-order valence-electron chi connectivity index (χ3n) is 5.10. The number of anilines is 1. The summed E-state index contributed by atoms with van der Waals surface area (Å²) in [6.07, 6.45) is 2.27. The summed E-state index contributed by atoms with van der Waals surface area (Å²) >= 11 is 12.2. The number of rotatable bonds is 5. The number of piperazine rings is 1. The average Bonchev–Trinajstić information content (AvgIpc) is 3.49. The number of aromatic nitrogens is 2. The molecule has 1 atom stereocenters. The average molecular weight is 406 g/mol. The molecular formula is C19H21Cl2N5O. The minimum absolute atomic E-state index is 0.355. The summed E-state index contributed by atoms with van der Waals surface area (Å²) in [5.74, 6) is 1.80. The third-order valence-corrected chi connectivity index (χ3v) is 5.55. The number of halogens is 2. The molecule has 1 aliphatic carbocycles. The number of hydrogen-bond acceptors (Lipinski definition) is 5. The minimum atomic E-state index is -0.458. The maximum atomic E-state index is 12.1. The Morgan fingerprint density at radius 1 is 1.07 bits per heavy atom. The monoisotopic (exact) mass is 405 g/mol. The van der Waals surface area contributed by atoms with Crippen LogP contribution in [0.4, 0.5) is 5.82 Å². The lowest BCUT2D eigenvalue weighted by Gasteiger charge is -2.38. The van der Waals surface area contributed by atoms with Gasteiger partial charge in [-0.2, -0.15) is 0 Å². The molecule has 1 aromatic carbocycles. The van der Waals surface area contributed by atoms with Crippen LogP contribution in [-0.2, 0) is 4.79 Å². The van der Waals surface area contributed by atoms with Gasteiger partial charge >= 0.3 is 0 Å². The van der Waals surface area contributed by atoms with Crippen molar-refractivity contribution in [1.82, 2.24) is 14.9 Å². The molecule has 27 heavy (non-hydrogen) atoms. The first-order valence-corrected chi connectivity index (χ1v) is 9.85. The van der Waals surface area contributed by atoms with E-state index in [0.717, 1.165) is 43.1 Å². The van der Waals surface area contributed by atoms with Crippen LogP contribution in [-0.4, -0.2) is 47.0 Å². The Hall–Kier alpha value is -1.89. The normalized spacial score (nSPS) is 19.1. The maximum absolute atomic E-state index is 12.1. The lowest BCUT2D eigenvalue weighted by molar-refractivity contribution is -0.123. The maximum Gasteiger partial charge on any atom is 0.239 e. The summed E-state index contributed by atoms with van der Waals surface area (Å²) in [5.41, 5.74) is 6.56. The molecule has 8 heteroatoms. The Kier molecular flexibility index (Phi) is 5.21. The fourth-order valence-corrected chi connectivity index (χ4v) is 3.83. The van der Waals surface area contributed by atoms with Gasteiger partial charge in [0.2, 0.25) is 5.91 Å². The van der Waals surface area contributed by atoms with Crippen LogP contribution in [0.15, 0.2) is 30.3 Å². The predicted molar refractivity (Wildman–Crippen MR) is 106 cm³/mol. The second kappa shape index (κ2) is 7.62. The van der Waals surface area contributed by atoms with Gasteiger partial charge in [0.05, 0.1) is 0 Å². The van der Waals surface area contributed by atoms with Crippen LogP contribution < -0.4 is 10.6 Å². The first-order chi connectivity index (χ1) is 13.0. The van der Waals surface area contributed by atoms with Gasteiger partial charge in [-0.05, 0) is 30.5 Å². The smallest absolute Gasteiger partial charge is 0.239 e. The van der Waals surface area contributed by atoms with E-state index in [1.54, 1.807) is 12.1 Å². The fraction of sp³-hybridized carbons (Fsp3) is 0.421. The highest BCUT2D eigenvalue weighted by Gasteiger charge is 2.31. The number of hydrogen-bond donors (Lipinski definition) is 1. The SMILES string of the molecule is NC(=O)C(c1ccc(Cl)cc1)N1CCN(c2cc(Cl)nc(C3CC3)n2)CC1. The van der Waals surface area contributed by atoms with Crippen LogP contribution in [0, 0.1) is 0 Å². The minimum Gasteiger partial charge on any atom is -0.368 e. The lowest BCUT2D eigenvalue weighted by atomic mass is 10.0. The molecule has 142 valence electrons. The van der Waals surface area contributed by atoms with E-state index >= 15 is 0 Å². The zero-order valence-electron chi connectivity index (χ0n) is 14.8. The van der Waals surface area contributed by atoms with Crippen molar-refractivity contribution in [3.05, 3.63) is 51.9 Å². The topological polar surface area (TPSA) is 75.4 Å². The summed E-state index contributed by atoms with van der Waals surface area (Å²) in [7, 11) is 0. The molecule has 1 amide bonds. The van der Waals surface area contributed by atoms with E-state index in [1.165, 1.54) is 0 Å². The summed E-state index contributed by atoms with van der Waals surface area (Å²) in [5, 5.41) is 1.12. The summed E-state index contributed by atoms with van der Waals surface area (Å²) < 4.78 is 0. The zero-order valence-corrected chi connectivity index (χ0v) is 16.3. The van der Waals surface area contributed by atoms with Crippen molar-refractivity contribution < 1.29 is 4.79 Å². The molecule has 1 aliphatic heterocycles. The Morgan fingerprint density at radius 2 is 1.74 bits per heavy atom. The predicted octanol–water partition coefficient (Wildman–Crippen LogP) is 3.01. The van der Waals surface area contributed by atoms with Gasteiger partial charge in [0.1, 0.15) is 22.8 Å². The number of carbonyl (C=O) groups is 1. The van der Waals surface area contributed by atoms with Crippen molar-refractivity contribution in [2.24, 2.45) is 5.73 Å². The van der Waals surface area contributed by atoms with E-state index in [9.17, 15) is 4.79 Å². The van der Waals surface area contributed by atoms with Crippen LogP contribution in [0.2, 0.25) is 10.2 Å². The molecule has 1 unspecified atom stereocenters. The molecule has 2 aromatic rings. The number of amides is 1. The van der Waals surface area contributed by atoms with Crippen molar-refractivity contribution in [1.29, 1.82) is 0 Å². The quantitative estimate of drug-likeness (QED) is 0.773. The molecule has 2 N–H and O–H groups in total. The largest absolute Gasteiger partial charge is 0.368 e. The van der Waals surface area contributed by atoms with Gasteiger partial charge in [0.15, 0.2) is 0 Å². The van der Waals surface area contributed by atoms with E-state index in [2.05, 4.69) is 14.8 Å². The van der Waals surface area contributed by atoms with E-state index < -0.39 is 6.04 Å². The van der Waals surface area contributed by atoms with Crippen molar-refractivity contribution in [3.8, 4) is 0 Å². The molecule has 2 fully saturated rings. The summed E-state index contributed by atoms with van der Waals surface area (Å²) in [4.78, 5) is 25.4. The van der Waals surface area contributed by atoms with Gasteiger partial charge < -0.3 is 10.6 Å². The molecular weight excluding hydrogens is 385 g/mol. The number of nitrogens with two attached hydrogens (primary N) is 1. The highest BCUT2D eigenvalue weighted by molar-refractivity contribution is 6.30. The molecule has 0 radical (unpaired) electrons. The fourth-order valence-electron chi connectivity index (χ4n) is 3.52. The van der Waals surface area contributed by atoms with Crippen molar-refractivity contribution in [3.63, 3.8) is 0 Å². The van der Waals surface area contributed by atoms with Crippen molar-refractivity contribution >= 4 is 34.9 Å². The van der Waals surface area contributed by atoms with Crippen molar-refractivity contribution in [2.45, 2.75) is 24.8 Å². The van der Waals surface area contributed by atoms with E-state index in [-0.39, 0.29) is 5.91 Å². The van der Waals surface area contributed by atoms with Crippen LogP contribution in [0.25, 0.3) is 0 Å². The molecule has 1 saturated heterocycles. The first kappa shape index (κ1) is 18.5. The molecule has 2 aliphatic rings. The first-order valence-electron chi connectivity index (χ1n) is 9.09. The number of primary amides is 1. The highest BCUT2D eigenvalue weighted by atomic mass is 35.5. The highest BCUT2D eigenvalue weighted by Crippen LogP contribution is 2.39. The molecule has 2 heterocycles. The molecule has 0 spiro atoms. The Labute approximate surface area is 168 Å². The van der Waals surface area contributed by atoms with Crippen molar-refractivity contribution in [2.75, 3.05) is 31.1 Å². The van der Waals surface area contributed by atoms with E-state index in [1.807, 2.05) is 18.2 Å². The number of benzene rings is 1. The standard InChI is InChI=1S/C19H21Cl2N5O/c20-14-5-3-12(4-6-14)17(18(22)27)26-9-7-25(8-10-26)16-11-15(21)23-19(24-16)13-1-2-13/h3-6,11,13,17H,1-2,7-10H2,(H2,22,27). The van der Waals surface area contributed by atoms with Crippen LogP contribution in [0.5, 0.6) is 0 Å². The second-order valence-electron chi connectivity index (χ2n) is 7.06. The Bertz CT molecular complexity index is 832. The lowest BCUT2D eigenvalue weighted by Crippen LogP contribution is -2.50. The number of carbonyl (C=O) groups excluding carboxylic acids is 1. The van der Waals surface area contributed by atoms with Gasteiger partial charge in [-0.25, -0.2) is 9.97 Å². The Morgan fingerprint density at radius 3 is 2.33 bits per heavy atom. The molecule has 6 nitrogen and oxygen atoms in total. The Balaban J connectivity index is 1.47. The molecule has 4 rings (SSSR count). The van der Waals surface area contributed by atoms with Crippen LogP contribution in [0.1, 0.15) is 36.2 Å². The molecule has 0 bridgehead atoms. The molecule has 1 saturated carbocycles. The summed E-state index contributed by atoms with van der Waals surface area (Å²) in [6.45, 7) is 2.90. The zero-order chi connectivity index (χ0) is 19.0. The van der Waals surface area contributed by atoms with Gasteiger partial charge in [-0.3, -0.25) is 9.69 Å². The summed E-state index contributed by atoms with van der Waals surface area (Å²) in [6, 6.07) is 8.64. The van der Waals surface area contributed by atoms with Crippen LogP contribution >= 0.6 is 23.2 Å². The second-order valence-corrected chi connectivity index (χ2v) is 7.88.